The second-order valence-corrected chi connectivity index (χ2v) is 6.25. The first-order valence-electron chi connectivity index (χ1n) is 6.95. The van der Waals surface area contributed by atoms with E-state index in [9.17, 15) is 0 Å². The number of aryl methyl sites for hydroxylation is 1. The summed E-state index contributed by atoms with van der Waals surface area (Å²) in [7, 11) is 0. The van der Waals surface area contributed by atoms with Crippen LogP contribution in [0.3, 0.4) is 0 Å². The van der Waals surface area contributed by atoms with Gasteiger partial charge in [0.2, 0.25) is 0 Å². The maximum atomic E-state index is 4.85. The van der Waals surface area contributed by atoms with Crippen LogP contribution in [0.1, 0.15) is 43.8 Å². The van der Waals surface area contributed by atoms with Gasteiger partial charge in [0, 0.05) is 11.1 Å². The Morgan fingerprint density at radius 3 is 2.89 bits per heavy atom. The average Bonchev–Trinajstić information content (AvgIpc) is 2.75. The van der Waals surface area contributed by atoms with Crippen LogP contribution in [0.25, 0.3) is 0 Å². The van der Waals surface area contributed by atoms with E-state index in [0.717, 1.165) is 35.7 Å². The van der Waals surface area contributed by atoms with E-state index in [1.165, 1.54) is 5.70 Å². The minimum absolute atomic E-state index is 0.549. The molecule has 0 saturated carbocycles. The highest BCUT2D eigenvalue weighted by atomic mass is 32.1. The van der Waals surface area contributed by atoms with Crippen LogP contribution in [0.2, 0.25) is 0 Å². The van der Waals surface area contributed by atoms with Crippen molar-refractivity contribution >= 4 is 17.0 Å². The number of hydrogen-bond donors (Lipinski definition) is 0. The van der Waals surface area contributed by atoms with Crippen LogP contribution in [-0.4, -0.2) is 10.7 Å². The van der Waals surface area contributed by atoms with Gasteiger partial charge in [-0.2, -0.15) is 0 Å². The van der Waals surface area contributed by atoms with Crippen LogP contribution in [0.4, 0.5) is 0 Å². The molecule has 2 nitrogen and oxygen atoms in total. The fourth-order valence-electron chi connectivity index (χ4n) is 2.47. The van der Waals surface area contributed by atoms with Gasteiger partial charge in [-0.3, -0.25) is 4.99 Å². The second kappa shape index (κ2) is 6.29. The minimum Gasteiger partial charge on any atom is -0.256 e. The number of rotatable bonds is 4. The van der Waals surface area contributed by atoms with Crippen LogP contribution < -0.4 is 0 Å². The fourth-order valence-corrected chi connectivity index (χ4v) is 3.09. The molecule has 2 rings (SSSR count). The Kier molecular flexibility index (Phi) is 4.70. The molecule has 0 amide bonds. The monoisotopic (exact) mass is 274 g/mol. The molecule has 0 aliphatic carbocycles. The molecule has 0 N–H and O–H groups in total. The predicted molar refractivity (Wildman–Crippen MR) is 83.8 cm³/mol. The zero-order valence-electron chi connectivity index (χ0n) is 12.0. The molecule has 1 aromatic rings. The number of hydrogen-bond acceptors (Lipinski definition) is 3. The third-order valence-electron chi connectivity index (χ3n) is 3.65. The smallest absolute Gasteiger partial charge is 0.0957 e. The number of aromatic nitrogens is 1. The predicted octanol–water partition coefficient (Wildman–Crippen LogP) is 4.77. The van der Waals surface area contributed by atoms with Gasteiger partial charge in [-0.1, -0.05) is 26.0 Å². The molecule has 19 heavy (non-hydrogen) atoms. The Labute approximate surface area is 120 Å². The summed E-state index contributed by atoms with van der Waals surface area (Å²) >= 11 is 1.70. The lowest BCUT2D eigenvalue weighted by atomic mass is 9.86. The average molecular weight is 274 g/mol. The molecule has 0 saturated heterocycles. The van der Waals surface area contributed by atoms with Crippen LogP contribution >= 0.6 is 11.3 Å². The van der Waals surface area contributed by atoms with Crippen molar-refractivity contribution in [1.29, 1.82) is 0 Å². The number of thiazole rings is 1. The Bertz CT molecular complexity index is 511. The molecular formula is C16H22N2S. The molecule has 0 spiro atoms. The third-order valence-corrected chi connectivity index (χ3v) is 4.42. The molecule has 1 aromatic heterocycles. The van der Waals surface area contributed by atoms with Gasteiger partial charge < -0.3 is 0 Å². The highest BCUT2D eigenvalue weighted by Crippen LogP contribution is 2.29. The summed E-state index contributed by atoms with van der Waals surface area (Å²) in [5.41, 5.74) is 3.40. The first-order chi connectivity index (χ1) is 9.13. The molecule has 2 unspecified atom stereocenters. The number of nitrogens with zero attached hydrogens (tertiary/aromatic N) is 2. The van der Waals surface area contributed by atoms with E-state index in [-0.39, 0.29) is 0 Å². The zero-order valence-corrected chi connectivity index (χ0v) is 12.8. The van der Waals surface area contributed by atoms with E-state index < -0.39 is 0 Å². The Hall–Kier alpha value is -1.22. The maximum absolute atomic E-state index is 4.85. The van der Waals surface area contributed by atoms with Crippen molar-refractivity contribution < 1.29 is 0 Å². The molecule has 3 heteroatoms. The fraction of sp³-hybridized carbons (Fsp3) is 0.500. The van der Waals surface area contributed by atoms with Gasteiger partial charge in [0.05, 0.1) is 16.4 Å². The van der Waals surface area contributed by atoms with Gasteiger partial charge in [-0.05, 0) is 38.0 Å². The second-order valence-electron chi connectivity index (χ2n) is 5.19. The molecule has 2 heterocycles. The van der Waals surface area contributed by atoms with Crippen molar-refractivity contribution in [2.45, 2.75) is 40.0 Å². The van der Waals surface area contributed by atoms with Gasteiger partial charge in [-0.25, -0.2) is 4.98 Å². The van der Waals surface area contributed by atoms with Gasteiger partial charge in [0.25, 0.3) is 0 Å². The van der Waals surface area contributed by atoms with E-state index in [1.54, 1.807) is 11.3 Å². The normalized spacial score (nSPS) is 23.5. The molecular weight excluding hydrogens is 252 g/mol. The molecule has 1 aliphatic heterocycles. The standard InChI is InChI=1S/C16H22N2S/c1-5-7-13-9-14(6-2)18-15(8-11(13)3)16-10-19-12(4)17-16/h5,9-11,13H,1,6-8H2,2-4H3. The lowest BCUT2D eigenvalue weighted by molar-refractivity contribution is 0.447. The highest BCUT2D eigenvalue weighted by Gasteiger charge is 2.22. The van der Waals surface area contributed by atoms with E-state index >= 15 is 0 Å². The molecule has 0 fully saturated rings. The van der Waals surface area contributed by atoms with E-state index in [1.807, 2.05) is 13.0 Å². The largest absolute Gasteiger partial charge is 0.256 e. The molecule has 0 aromatic carbocycles. The van der Waals surface area contributed by atoms with Crippen molar-refractivity contribution in [2.75, 3.05) is 0 Å². The van der Waals surface area contributed by atoms with E-state index in [0.29, 0.717) is 11.8 Å². The maximum Gasteiger partial charge on any atom is 0.0957 e. The van der Waals surface area contributed by atoms with Crippen molar-refractivity contribution in [3.63, 3.8) is 0 Å². The van der Waals surface area contributed by atoms with E-state index in [4.69, 9.17) is 4.99 Å². The van der Waals surface area contributed by atoms with Crippen molar-refractivity contribution in [3.8, 4) is 0 Å². The number of aliphatic imine (C=N–C) groups is 1. The summed E-state index contributed by atoms with van der Waals surface area (Å²) in [6.45, 7) is 10.4. The highest BCUT2D eigenvalue weighted by molar-refractivity contribution is 7.09. The summed E-state index contributed by atoms with van der Waals surface area (Å²) in [5.74, 6) is 1.14. The van der Waals surface area contributed by atoms with Crippen molar-refractivity contribution in [3.05, 3.63) is 40.5 Å². The van der Waals surface area contributed by atoms with E-state index in [2.05, 4.69) is 36.9 Å². The third kappa shape index (κ3) is 3.41. The summed E-state index contributed by atoms with van der Waals surface area (Å²) in [5, 5.41) is 3.24. The lowest BCUT2D eigenvalue weighted by Crippen LogP contribution is -2.13. The first kappa shape index (κ1) is 14.2. The lowest BCUT2D eigenvalue weighted by Gasteiger charge is -2.17. The van der Waals surface area contributed by atoms with Crippen molar-refractivity contribution in [2.24, 2.45) is 16.8 Å². The molecule has 1 aliphatic rings. The van der Waals surface area contributed by atoms with Gasteiger partial charge in [0.15, 0.2) is 0 Å². The summed E-state index contributed by atoms with van der Waals surface area (Å²) in [6.07, 6.45) is 7.36. The topological polar surface area (TPSA) is 25.2 Å². The zero-order chi connectivity index (χ0) is 13.8. The van der Waals surface area contributed by atoms with Crippen LogP contribution in [-0.2, 0) is 0 Å². The summed E-state index contributed by atoms with van der Waals surface area (Å²) in [4.78, 5) is 9.44. The molecule has 102 valence electrons. The Morgan fingerprint density at radius 1 is 1.53 bits per heavy atom. The van der Waals surface area contributed by atoms with Crippen LogP contribution in [0.5, 0.6) is 0 Å². The molecule has 2 atom stereocenters. The Morgan fingerprint density at radius 2 is 2.32 bits per heavy atom. The summed E-state index contributed by atoms with van der Waals surface area (Å²) < 4.78 is 0. The Balaban J connectivity index is 2.30. The van der Waals surface area contributed by atoms with Crippen molar-refractivity contribution in [1.82, 2.24) is 4.98 Å². The van der Waals surface area contributed by atoms with Gasteiger partial charge in [0.1, 0.15) is 0 Å². The van der Waals surface area contributed by atoms with Crippen LogP contribution in [0.15, 0.2) is 34.8 Å². The minimum atomic E-state index is 0.549. The number of allylic oxidation sites excluding steroid dienone is 3. The SMILES string of the molecule is C=CCC1C=C(CC)N=C(c2csc(C)n2)CC1C. The van der Waals surface area contributed by atoms with Gasteiger partial charge in [-0.15, -0.1) is 17.9 Å². The van der Waals surface area contributed by atoms with Gasteiger partial charge >= 0.3 is 0 Å². The van der Waals surface area contributed by atoms with Crippen LogP contribution in [0, 0.1) is 18.8 Å². The quantitative estimate of drug-likeness (QED) is 0.726. The molecule has 0 bridgehead atoms. The summed E-state index contributed by atoms with van der Waals surface area (Å²) in [6, 6.07) is 0. The first-order valence-corrected chi connectivity index (χ1v) is 7.83. The molecule has 0 radical (unpaired) electrons.